The lowest BCUT2D eigenvalue weighted by Crippen LogP contribution is -2.12. The van der Waals surface area contributed by atoms with Gasteiger partial charge in [0.15, 0.2) is 0 Å². The first-order valence-corrected chi connectivity index (χ1v) is 8.71. The lowest BCUT2D eigenvalue weighted by molar-refractivity contribution is 0.976. The van der Waals surface area contributed by atoms with E-state index in [1.807, 2.05) is 0 Å². The van der Waals surface area contributed by atoms with Gasteiger partial charge in [-0.05, 0) is 70.3 Å². The molecular weight excluding hydrogens is 381 g/mol. The van der Waals surface area contributed by atoms with Gasteiger partial charge in [-0.3, -0.25) is 4.99 Å². The van der Waals surface area contributed by atoms with Crippen molar-refractivity contribution in [3.8, 4) is 0 Å². The summed E-state index contributed by atoms with van der Waals surface area (Å²) in [6.07, 6.45) is 9.20. The molecule has 0 amide bonds. The Morgan fingerprint density at radius 2 is 1.77 bits per heavy atom. The average Bonchev–Trinajstić information content (AvgIpc) is 2.96. The number of hydrogen-bond donors (Lipinski definition) is 0. The molecule has 1 aliphatic heterocycles. The van der Waals surface area contributed by atoms with Crippen LogP contribution in [0.1, 0.15) is 29.9 Å². The van der Waals surface area contributed by atoms with Crippen LogP contribution in [-0.4, -0.2) is 5.71 Å². The number of halogens is 1. The third-order valence-corrected chi connectivity index (χ3v) is 4.98. The fourth-order valence-corrected chi connectivity index (χ4v) is 3.57. The van der Waals surface area contributed by atoms with E-state index in [0.29, 0.717) is 0 Å². The highest BCUT2D eigenvalue weighted by Crippen LogP contribution is 2.42. The molecule has 0 spiro atoms. The summed E-state index contributed by atoms with van der Waals surface area (Å²) < 4.78 is 1.26. The molecule has 0 saturated carbocycles. The van der Waals surface area contributed by atoms with E-state index in [-0.39, 0.29) is 5.92 Å². The van der Waals surface area contributed by atoms with Crippen molar-refractivity contribution in [2.45, 2.75) is 18.8 Å². The summed E-state index contributed by atoms with van der Waals surface area (Å²) in [6.45, 7) is 0. The molecule has 0 saturated heterocycles. The van der Waals surface area contributed by atoms with Crippen LogP contribution in [0.25, 0.3) is 0 Å². The highest BCUT2D eigenvalue weighted by molar-refractivity contribution is 14.1. The molecule has 1 aliphatic carbocycles. The largest absolute Gasteiger partial charge is 0.252 e. The van der Waals surface area contributed by atoms with Crippen molar-refractivity contribution in [3.63, 3.8) is 0 Å². The van der Waals surface area contributed by atoms with Crippen molar-refractivity contribution in [1.82, 2.24) is 0 Å². The van der Waals surface area contributed by atoms with Crippen molar-refractivity contribution in [3.05, 3.63) is 87.0 Å². The molecule has 22 heavy (non-hydrogen) atoms. The predicted octanol–water partition coefficient (Wildman–Crippen LogP) is 5.79. The Hall–Kier alpha value is -1.68. The summed E-state index contributed by atoms with van der Waals surface area (Å²) >= 11 is 2.35. The maximum Gasteiger partial charge on any atom is 0.0675 e. The van der Waals surface area contributed by atoms with Crippen LogP contribution in [0.4, 0.5) is 5.69 Å². The Labute approximate surface area is 144 Å². The van der Waals surface area contributed by atoms with Gasteiger partial charge >= 0.3 is 0 Å². The van der Waals surface area contributed by atoms with Gasteiger partial charge < -0.3 is 0 Å². The van der Waals surface area contributed by atoms with Gasteiger partial charge in [-0.25, -0.2) is 0 Å². The number of hydrogen-bond acceptors (Lipinski definition) is 1. The summed E-state index contributed by atoms with van der Waals surface area (Å²) in [6, 6.07) is 17.2. The second kappa shape index (κ2) is 5.84. The maximum absolute atomic E-state index is 4.95. The second-order valence-electron chi connectivity index (χ2n) is 5.68. The van der Waals surface area contributed by atoms with Gasteiger partial charge in [-0.2, -0.15) is 0 Å². The maximum atomic E-state index is 4.95. The fourth-order valence-electron chi connectivity index (χ4n) is 3.21. The molecule has 1 heterocycles. The first kappa shape index (κ1) is 13.9. The first-order valence-electron chi connectivity index (χ1n) is 7.63. The summed E-state index contributed by atoms with van der Waals surface area (Å²) in [5, 5.41) is 0. The minimum absolute atomic E-state index is 0.271. The molecule has 0 aromatic heterocycles. The first-order chi connectivity index (χ1) is 10.8. The summed E-state index contributed by atoms with van der Waals surface area (Å²) in [7, 11) is 0. The number of aliphatic imine (C=N–C) groups is 1. The topological polar surface area (TPSA) is 12.4 Å². The van der Waals surface area contributed by atoms with Crippen LogP contribution < -0.4 is 0 Å². The number of rotatable bonds is 2. The number of nitrogens with zero attached hydrogens (tertiary/aromatic N) is 1. The average molecular weight is 397 g/mol. The Balaban J connectivity index is 1.84. The smallest absolute Gasteiger partial charge is 0.0675 e. The molecular formula is C20H16IN. The van der Waals surface area contributed by atoms with E-state index in [0.717, 1.165) is 18.5 Å². The molecule has 1 atom stereocenters. The molecule has 4 rings (SSSR count). The van der Waals surface area contributed by atoms with Crippen LogP contribution in [0.15, 0.2) is 77.3 Å². The fraction of sp³-hybridized carbons (Fsp3) is 0.150. The molecule has 2 aliphatic rings. The highest BCUT2D eigenvalue weighted by Gasteiger charge is 2.30. The Bertz CT molecular complexity index is 797. The molecule has 2 aromatic rings. The van der Waals surface area contributed by atoms with E-state index in [2.05, 4.69) is 89.3 Å². The monoisotopic (exact) mass is 397 g/mol. The molecule has 0 bridgehead atoms. The SMILES string of the molecule is Ic1ccc(C2=Nc3ccccc3C2C2=CCCC=C2)cc1. The zero-order chi connectivity index (χ0) is 14.9. The van der Waals surface area contributed by atoms with Gasteiger partial charge in [-0.15, -0.1) is 0 Å². The minimum atomic E-state index is 0.271. The van der Waals surface area contributed by atoms with Crippen molar-refractivity contribution in [1.29, 1.82) is 0 Å². The zero-order valence-electron chi connectivity index (χ0n) is 12.2. The standard InChI is InChI=1S/C20H16IN/c21-16-12-10-15(11-13-16)20-19(14-6-2-1-3-7-14)17-8-4-5-9-18(17)22-20/h2,4-13,19H,1,3H2. The van der Waals surface area contributed by atoms with E-state index in [1.54, 1.807) is 0 Å². The van der Waals surface area contributed by atoms with Crippen LogP contribution in [0.5, 0.6) is 0 Å². The predicted molar refractivity (Wildman–Crippen MR) is 101 cm³/mol. The molecule has 0 radical (unpaired) electrons. The van der Waals surface area contributed by atoms with E-state index in [1.165, 1.54) is 26.0 Å². The van der Waals surface area contributed by atoms with Crippen LogP contribution in [0.2, 0.25) is 0 Å². The van der Waals surface area contributed by atoms with E-state index in [4.69, 9.17) is 4.99 Å². The number of para-hydroxylation sites is 1. The van der Waals surface area contributed by atoms with Gasteiger partial charge in [-0.1, -0.05) is 48.6 Å². The molecule has 2 aromatic carbocycles. The van der Waals surface area contributed by atoms with E-state index < -0.39 is 0 Å². The zero-order valence-corrected chi connectivity index (χ0v) is 14.3. The second-order valence-corrected chi connectivity index (χ2v) is 6.93. The normalized spacial score (nSPS) is 19.6. The third-order valence-electron chi connectivity index (χ3n) is 4.26. The molecule has 0 N–H and O–H groups in total. The van der Waals surface area contributed by atoms with Crippen molar-refractivity contribution >= 4 is 34.0 Å². The molecule has 2 heteroatoms. The van der Waals surface area contributed by atoms with Crippen molar-refractivity contribution in [2.24, 2.45) is 4.99 Å². The van der Waals surface area contributed by atoms with E-state index in [9.17, 15) is 0 Å². The van der Waals surface area contributed by atoms with Gasteiger partial charge in [0, 0.05) is 3.57 Å². The van der Waals surface area contributed by atoms with Crippen LogP contribution in [0, 0.1) is 3.57 Å². The van der Waals surface area contributed by atoms with Crippen LogP contribution in [0.3, 0.4) is 0 Å². The molecule has 1 nitrogen and oxygen atoms in total. The summed E-state index contributed by atoms with van der Waals surface area (Å²) in [5.74, 6) is 0.271. The van der Waals surface area contributed by atoms with Crippen LogP contribution in [-0.2, 0) is 0 Å². The van der Waals surface area contributed by atoms with Gasteiger partial charge in [0.2, 0.25) is 0 Å². The number of allylic oxidation sites excluding steroid dienone is 4. The molecule has 1 unspecified atom stereocenters. The summed E-state index contributed by atoms with van der Waals surface area (Å²) in [5.41, 5.74) is 6.22. The van der Waals surface area contributed by atoms with Gasteiger partial charge in [0.25, 0.3) is 0 Å². The van der Waals surface area contributed by atoms with Crippen molar-refractivity contribution in [2.75, 3.05) is 0 Å². The summed E-state index contributed by atoms with van der Waals surface area (Å²) in [4.78, 5) is 4.95. The van der Waals surface area contributed by atoms with Gasteiger partial charge in [0.1, 0.15) is 0 Å². The minimum Gasteiger partial charge on any atom is -0.252 e. The lowest BCUT2D eigenvalue weighted by Gasteiger charge is -2.19. The third kappa shape index (κ3) is 2.45. The van der Waals surface area contributed by atoms with Crippen LogP contribution >= 0.6 is 22.6 Å². The highest BCUT2D eigenvalue weighted by atomic mass is 127. The van der Waals surface area contributed by atoms with Crippen molar-refractivity contribution < 1.29 is 0 Å². The molecule has 0 fully saturated rings. The Morgan fingerprint density at radius 3 is 2.55 bits per heavy atom. The van der Waals surface area contributed by atoms with E-state index >= 15 is 0 Å². The number of fused-ring (bicyclic) bond motifs is 1. The lowest BCUT2D eigenvalue weighted by atomic mass is 9.83. The number of benzene rings is 2. The quantitative estimate of drug-likeness (QED) is 0.570. The van der Waals surface area contributed by atoms with Gasteiger partial charge in [0.05, 0.1) is 17.3 Å². The molecule has 108 valence electrons. The Morgan fingerprint density at radius 1 is 0.955 bits per heavy atom. The Kier molecular flexibility index (Phi) is 3.70.